The van der Waals surface area contributed by atoms with E-state index in [1.54, 1.807) is 17.3 Å². The molecule has 2 aromatic heterocycles. The van der Waals surface area contributed by atoms with Gasteiger partial charge in [0.2, 0.25) is 0 Å². The summed E-state index contributed by atoms with van der Waals surface area (Å²) in [6.07, 6.45) is 9.66. The second kappa shape index (κ2) is 29.2. The summed E-state index contributed by atoms with van der Waals surface area (Å²) >= 11 is 5.00. The third-order valence-electron chi connectivity index (χ3n) is 16.2. The van der Waals surface area contributed by atoms with Gasteiger partial charge in [0.05, 0.1) is 22.1 Å². The molecule has 4 saturated carbocycles. The highest BCUT2D eigenvalue weighted by atomic mass is 35.5. The lowest BCUT2D eigenvalue weighted by molar-refractivity contribution is -0.388. The molecule has 2 saturated heterocycles. The largest absolute Gasteiger partial charge is 0.490 e. The van der Waals surface area contributed by atoms with Gasteiger partial charge in [-0.1, -0.05) is 12.1 Å². The molecule has 83 heavy (non-hydrogen) atoms. The second-order valence-corrected chi connectivity index (χ2v) is 22.4. The summed E-state index contributed by atoms with van der Waals surface area (Å²) in [7, 11) is 0. The molecule has 0 atom stereocenters. The Morgan fingerprint density at radius 2 is 0.964 bits per heavy atom. The zero-order chi connectivity index (χ0) is 59.1. The van der Waals surface area contributed by atoms with Crippen molar-refractivity contribution in [3.05, 3.63) is 116 Å². The number of nitro benzene ring substituents is 2. The van der Waals surface area contributed by atoms with E-state index >= 15 is 0 Å². The number of hydrogen-bond acceptors (Lipinski definition) is 15. The Kier molecular flexibility index (Phi) is 21.9. The number of benzene rings is 2. The van der Waals surface area contributed by atoms with E-state index in [-0.39, 0.29) is 42.3 Å². The number of piperazine rings is 2. The van der Waals surface area contributed by atoms with Gasteiger partial charge in [0.25, 0.3) is 11.4 Å². The Balaban J connectivity index is 0.000000191. The van der Waals surface area contributed by atoms with Crippen LogP contribution in [-0.2, 0) is 34.7 Å². The number of halogens is 7. The van der Waals surface area contributed by atoms with Crippen LogP contribution in [0.3, 0.4) is 0 Å². The number of anilines is 2. The van der Waals surface area contributed by atoms with Crippen molar-refractivity contribution in [3.63, 3.8) is 0 Å². The number of rotatable bonds is 14. The SMILES string of the molecule is O=C(Cl)OC1CCCC1.O=C(OC1CCCC1)N1CCN(c2cc(OC3CCC(Cc4ccc([N+](=O)[O-])c(C(F)(F)F)c4)CC3)ccn2)CC1.O=[N+]([O-])c1ccc(CC2CCC(Oc3ccnc(N4CCNCC4)c3)CC2)cc1C(F)(F)F. The Labute approximate surface area is 482 Å². The van der Waals surface area contributed by atoms with E-state index < -0.39 is 50.1 Å². The van der Waals surface area contributed by atoms with Crippen molar-refractivity contribution in [1.29, 1.82) is 0 Å². The van der Waals surface area contributed by atoms with Crippen LogP contribution in [0.5, 0.6) is 11.5 Å². The molecule has 0 spiro atoms. The van der Waals surface area contributed by atoms with Crippen LogP contribution < -0.4 is 24.6 Å². The lowest BCUT2D eigenvalue weighted by Crippen LogP contribution is -2.49. The molecule has 2 aromatic carbocycles. The van der Waals surface area contributed by atoms with Crippen molar-refractivity contribution in [3.8, 4) is 11.5 Å². The summed E-state index contributed by atoms with van der Waals surface area (Å²) in [4.78, 5) is 57.7. The first-order chi connectivity index (χ1) is 39.7. The zero-order valence-electron chi connectivity index (χ0n) is 46.1. The molecule has 10 rings (SSSR count). The molecule has 6 fully saturated rings. The van der Waals surface area contributed by atoms with Gasteiger partial charge in [-0.3, -0.25) is 20.2 Å². The van der Waals surface area contributed by atoms with Crippen LogP contribution in [0, 0.1) is 32.1 Å². The first-order valence-corrected chi connectivity index (χ1v) is 29.1. The van der Waals surface area contributed by atoms with Gasteiger partial charge in [-0.25, -0.2) is 19.6 Å². The molecule has 4 aromatic rings. The number of nitrogens with zero attached hydrogens (tertiary/aromatic N) is 7. The third kappa shape index (κ3) is 18.7. The molecule has 4 aliphatic carbocycles. The van der Waals surface area contributed by atoms with Crippen molar-refractivity contribution >= 4 is 46.1 Å². The van der Waals surface area contributed by atoms with Gasteiger partial charge in [0.15, 0.2) is 0 Å². The van der Waals surface area contributed by atoms with Crippen molar-refractivity contribution in [2.75, 3.05) is 62.2 Å². The van der Waals surface area contributed by atoms with Crippen molar-refractivity contribution < 1.29 is 64.7 Å². The standard InChI is InChI=1S/C29H35F3N4O5.C23H27F3N4O3.C6H9ClO2/c30-29(31,32)25-18-21(7-10-26(25)36(38)39)17-20-5-8-23(9-6-20)40-24-11-12-33-27(19-24)34-13-15-35(16-14-34)28(37)41-22-3-1-2-4-22;24-23(25,26)20-14-17(3-6-21(20)30(31)32)13-16-1-4-18(5-2-16)33-19-7-8-28-22(15-19)29-11-9-27-10-12-29;7-6(8)9-5-3-1-2-4-5/h7,10-12,18-20,22-23H,1-6,8-9,13-17H2;3,6-8,14-16,18,27H,1-2,4-5,9-13H2;5H,1-4H2. The summed E-state index contributed by atoms with van der Waals surface area (Å²) in [6.45, 7) is 6.11. The number of amides is 1. The lowest BCUT2D eigenvalue weighted by Gasteiger charge is -2.35. The van der Waals surface area contributed by atoms with Crippen LogP contribution in [-0.4, -0.2) is 113 Å². The molecule has 25 heteroatoms. The Bertz CT molecular complexity index is 2790. The Morgan fingerprint density at radius 1 is 0.554 bits per heavy atom. The quantitative estimate of drug-likeness (QED) is 0.0540. The number of nitrogens with one attached hydrogen (secondary N) is 1. The van der Waals surface area contributed by atoms with Gasteiger partial charge in [-0.2, -0.15) is 26.3 Å². The van der Waals surface area contributed by atoms with E-state index in [0.29, 0.717) is 55.9 Å². The van der Waals surface area contributed by atoms with Crippen molar-refractivity contribution in [1.82, 2.24) is 20.2 Å². The maximum Gasteiger partial charge on any atom is 0.423 e. The monoisotopic (exact) mass is 1190 g/mol. The summed E-state index contributed by atoms with van der Waals surface area (Å²) in [5, 5.41) is 25.3. The van der Waals surface area contributed by atoms with Gasteiger partial charge in [0, 0.05) is 101 Å². The number of nitro groups is 2. The molecule has 452 valence electrons. The van der Waals surface area contributed by atoms with E-state index in [0.717, 1.165) is 171 Å². The Morgan fingerprint density at radius 3 is 1.36 bits per heavy atom. The first kappa shape index (κ1) is 62.4. The fourth-order valence-corrected chi connectivity index (χ4v) is 11.9. The van der Waals surface area contributed by atoms with Crippen LogP contribution in [0.15, 0.2) is 73.1 Å². The van der Waals surface area contributed by atoms with Crippen LogP contribution in [0.1, 0.15) is 125 Å². The minimum absolute atomic E-state index is 0.00805. The van der Waals surface area contributed by atoms with Crippen LogP contribution in [0.4, 0.5) is 58.9 Å². The molecule has 4 heterocycles. The van der Waals surface area contributed by atoms with Gasteiger partial charge in [-0.15, -0.1) is 0 Å². The highest BCUT2D eigenvalue weighted by molar-refractivity contribution is 6.61. The highest BCUT2D eigenvalue weighted by Gasteiger charge is 2.40. The zero-order valence-corrected chi connectivity index (χ0v) is 46.9. The molecular weight excluding hydrogens is 1120 g/mol. The second-order valence-electron chi connectivity index (χ2n) is 22.1. The van der Waals surface area contributed by atoms with E-state index in [1.165, 1.54) is 12.1 Å². The average molecular weight is 1190 g/mol. The number of carbonyl (C=O) groups excluding carboxylic acids is 2. The molecular formula is C58H71ClF6N8O10. The van der Waals surface area contributed by atoms with E-state index in [2.05, 4.69) is 25.1 Å². The molecule has 6 aliphatic rings. The molecule has 18 nitrogen and oxygen atoms in total. The van der Waals surface area contributed by atoms with E-state index in [4.69, 9.17) is 30.5 Å². The smallest absolute Gasteiger partial charge is 0.423 e. The van der Waals surface area contributed by atoms with Gasteiger partial charge in [-0.05, 0) is 163 Å². The predicted molar refractivity (Wildman–Crippen MR) is 297 cm³/mol. The number of ether oxygens (including phenoxy) is 4. The fourth-order valence-electron chi connectivity index (χ4n) is 11.8. The summed E-state index contributed by atoms with van der Waals surface area (Å²) in [5.74, 6) is 3.60. The molecule has 0 bridgehead atoms. The number of alkyl halides is 6. The highest BCUT2D eigenvalue weighted by Crippen LogP contribution is 2.40. The summed E-state index contributed by atoms with van der Waals surface area (Å²) in [5.41, 5.74) is -3.93. The number of carbonyl (C=O) groups is 2. The van der Waals surface area contributed by atoms with Gasteiger partial charge in [0.1, 0.15) is 46.5 Å². The maximum absolute atomic E-state index is 13.3. The average Bonchev–Trinajstić information content (AvgIpc) is 4.33. The van der Waals surface area contributed by atoms with Crippen LogP contribution >= 0.6 is 11.6 Å². The van der Waals surface area contributed by atoms with Crippen molar-refractivity contribution in [2.45, 2.75) is 152 Å². The number of pyridine rings is 2. The van der Waals surface area contributed by atoms with Gasteiger partial charge >= 0.3 is 23.9 Å². The van der Waals surface area contributed by atoms with E-state index in [1.807, 2.05) is 24.3 Å². The normalized spacial score (nSPS) is 21.7. The lowest BCUT2D eigenvalue weighted by atomic mass is 9.83. The summed E-state index contributed by atoms with van der Waals surface area (Å²) in [6, 6.07) is 14.2. The Hall–Kier alpha value is -6.69. The molecule has 1 amide bonds. The minimum atomic E-state index is -4.78. The molecule has 1 N–H and O–H groups in total. The van der Waals surface area contributed by atoms with E-state index in [9.17, 15) is 56.2 Å². The topological polar surface area (TPSA) is 205 Å². The third-order valence-corrected chi connectivity index (χ3v) is 16.3. The molecule has 0 radical (unpaired) electrons. The fraction of sp³-hybridized carbons (Fsp3) is 0.586. The summed E-state index contributed by atoms with van der Waals surface area (Å²) < 4.78 is 103. The van der Waals surface area contributed by atoms with Gasteiger partial charge < -0.3 is 39.0 Å². The van der Waals surface area contributed by atoms with Crippen LogP contribution in [0.2, 0.25) is 0 Å². The predicted octanol–water partition coefficient (Wildman–Crippen LogP) is 13.3. The number of hydrogen-bond donors (Lipinski definition) is 1. The molecule has 0 unspecified atom stereocenters. The maximum atomic E-state index is 13.3. The number of aromatic nitrogens is 2. The van der Waals surface area contributed by atoms with Crippen molar-refractivity contribution in [2.24, 2.45) is 11.8 Å². The minimum Gasteiger partial charge on any atom is -0.490 e. The van der Waals surface area contributed by atoms with Crippen LogP contribution in [0.25, 0.3) is 0 Å². The first-order valence-electron chi connectivity index (χ1n) is 28.7. The molecule has 2 aliphatic heterocycles.